The topological polar surface area (TPSA) is 76.8 Å². The van der Waals surface area contributed by atoms with Gasteiger partial charge in [0.2, 0.25) is 0 Å². The number of furan rings is 1. The zero-order chi connectivity index (χ0) is 22.8. The van der Waals surface area contributed by atoms with Crippen LogP contribution in [0.25, 0.3) is 17.4 Å². The fourth-order valence-corrected chi connectivity index (χ4v) is 4.11. The fourth-order valence-electron chi connectivity index (χ4n) is 3.09. The Balaban J connectivity index is 1.56. The number of amides is 2. The molecule has 6 nitrogen and oxygen atoms in total. The standard InChI is InChI=1S/C23H15ClFNO5S/c1-30-22(28)16-10-13(6-8-17(16)24)19-9-7-15(31-19)11-20-21(27)26(23(29)32-20)12-14-4-2-3-5-18(14)25/h2-11H,12H2,1H3/b20-11+. The van der Waals surface area contributed by atoms with Crippen molar-refractivity contribution < 1.29 is 27.9 Å². The van der Waals surface area contributed by atoms with E-state index < -0.39 is 22.9 Å². The number of methoxy groups -OCH3 is 1. The van der Waals surface area contributed by atoms with Crippen molar-refractivity contribution in [2.75, 3.05) is 7.11 Å². The minimum Gasteiger partial charge on any atom is -0.465 e. The molecule has 4 rings (SSSR count). The lowest BCUT2D eigenvalue weighted by atomic mass is 10.1. The summed E-state index contributed by atoms with van der Waals surface area (Å²) in [6.45, 7) is -0.154. The minimum absolute atomic E-state index is 0.154. The van der Waals surface area contributed by atoms with Gasteiger partial charge in [0.15, 0.2) is 0 Å². The Kier molecular flexibility index (Phi) is 6.16. The van der Waals surface area contributed by atoms with Gasteiger partial charge in [-0.1, -0.05) is 29.8 Å². The number of hydrogen-bond donors (Lipinski definition) is 0. The second kappa shape index (κ2) is 9.02. The Labute approximate surface area is 191 Å². The molecule has 1 saturated heterocycles. The molecule has 9 heteroatoms. The maximum Gasteiger partial charge on any atom is 0.339 e. The molecule has 2 heterocycles. The number of nitrogens with zero attached hydrogens (tertiary/aromatic N) is 1. The third-order valence-corrected chi connectivity index (χ3v) is 5.95. The van der Waals surface area contributed by atoms with Crippen molar-refractivity contribution in [2.24, 2.45) is 0 Å². The number of carbonyl (C=O) groups is 3. The number of thioether (sulfide) groups is 1. The summed E-state index contributed by atoms with van der Waals surface area (Å²) in [6.07, 6.45) is 1.45. The Morgan fingerprint density at radius 3 is 2.72 bits per heavy atom. The van der Waals surface area contributed by atoms with Crippen LogP contribution in [0.15, 0.2) is 63.9 Å². The van der Waals surface area contributed by atoms with E-state index >= 15 is 0 Å². The average molecular weight is 472 g/mol. The van der Waals surface area contributed by atoms with Gasteiger partial charge in [0.1, 0.15) is 17.3 Å². The Bertz CT molecular complexity index is 1270. The molecule has 3 aromatic rings. The highest BCUT2D eigenvalue weighted by atomic mass is 35.5. The maximum absolute atomic E-state index is 13.9. The molecule has 0 atom stereocenters. The SMILES string of the molecule is COC(=O)c1cc(-c2ccc(/C=C3/SC(=O)N(Cc4ccccc4F)C3=O)o2)ccc1Cl. The molecule has 0 saturated carbocycles. The van der Waals surface area contributed by atoms with E-state index in [9.17, 15) is 18.8 Å². The van der Waals surface area contributed by atoms with Gasteiger partial charge in [0.05, 0.1) is 29.1 Å². The van der Waals surface area contributed by atoms with Gasteiger partial charge in [-0.05, 0) is 48.2 Å². The van der Waals surface area contributed by atoms with Crippen molar-refractivity contribution in [1.82, 2.24) is 4.90 Å². The second-order valence-electron chi connectivity index (χ2n) is 6.75. The van der Waals surface area contributed by atoms with Gasteiger partial charge in [-0.25, -0.2) is 9.18 Å². The number of imide groups is 1. The van der Waals surface area contributed by atoms with Crippen molar-refractivity contribution in [3.63, 3.8) is 0 Å². The van der Waals surface area contributed by atoms with Crippen molar-refractivity contribution in [3.8, 4) is 11.3 Å². The molecule has 162 valence electrons. The van der Waals surface area contributed by atoms with Crippen molar-refractivity contribution in [1.29, 1.82) is 0 Å². The third-order valence-electron chi connectivity index (χ3n) is 4.72. The van der Waals surface area contributed by atoms with Crippen molar-refractivity contribution in [2.45, 2.75) is 6.54 Å². The average Bonchev–Trinajstić information content (AvgIpc) is 3.35. The lowest BCUT2D eigenvalue weighted by Gasteiger charge is -2.12. The van der Waals surface area contributed by atoms with Gasteiger partial charge < -0.3 is 9.15 Å². The first-order valence-electron chi connectivity index (χ1n) is 9.34. The molecule has 1 aliphatic heterocycles. The zero-order valence-corrected chi connectivity index (χ0v) is 18.2. The van der Waals surface area contributed by atoms with E-state index in [1.54, 1.807) is 36.4 Å². The molecular weight excluding hydrogens is 457 g/mol. The number of halogens is 2. The molecule has 0 N–H and O–H groups in total. The summed E-state index contributed by atoms with van der Waals surface area (Å²) in [5.74, 6) is -0.817. The van der Waals surface area contributed by atoms with Gasteiger partial charge >= 0.3 is 5.97 Å². The van der Waals surface area contributed by atoms with Crippen LogP contribution in [0.3, 0.4) is 0 Å². The number of rotatable bonds is 5. The van der Waals surface area contributed by atoms with Crippen LogP contribution in [-0.2, 0) is 16.1 Å². The Morgan fingerprint density at radius 2 is 1.97 bits per heavy atom. The van der Waals surface area contributed by atoms with Gasteiger partial charge in [0, 0.05) is 17.2 Å². The summed E-state index contributed by atoms with van der Waals surface area (Å²) >= 11 is 6.80. The molecular formula is C23H15ClFNO5S. The van der Waals surface area contributed by atoms with E-state index in [2.05, 4.69) is 0 Å². The normalized spacial score (nSPS) is 15.0. The van der Waals surface area contributed by atoms with Gasteiger partial charge in [-0.15, -0.1) is 0 Å². The van der Waals surface area contributed by atoms with Crippen molar-refractivity contribution >= 4 is 46.6 Å². The van der Waals surface area contributed by atoms with Crippen LogP contribution in [0.2, 0.25) is 5.02 Å². The quantitative estimate of drug-likeness (QED) is 0.347. The van der Waals surface area contributed by atoms with Crippen LogP contribution in [0, 0.1) is 5.82 Å². The number of esters is 1. The van der Waals surface area contributed by atoms with E-state index in [0.717, 1.165) is 16.7 Å². The highest BCUT2D eigenvalue weighted by Gasteiger charge is 2.35. The smallest absolute Gasteiger partial charge is 0.339 e. The lowest BCUT2D eigenvalue weighted by Crippen LogP contribution is -2.27. The molecule has 1 aliphatic rings. The minimum atomic E-state index is -0.577. The van der Waals surface area contributed by atoms with Crippen LogP contribution >= 0.6 is 23.4 Å². The number of benzene rings is 2. The van der Waals surface area contributed by atoms with Gasteiger partial charge in [-0.3, -0.25) is 14.5 Å². The van der Waals surface area contributed by atoms with E-state index in [-0.39, 0.29) is 27.6 Å². The molecule has 0 bridgehead atoms. The van der Waals surface area contributed by atoms with Crippen LogP contribution < -0.4 is 0 Å². The maximum atomic E-state index is 13.9. The van der Waals surface area contributed by atoms with Gasteiger partial charge in [0.25, 0.3) is 11.1 Å². The predicted molar refractivity (Wildman–Crippen MR) is 118 cm³/mol. The zero-order valence-electron chi connectivity index (χ0n) is 16.6. The molecule has 2 amide bonds. The van der Waals surface area contributed by atoms with Crippen LogP contribution in [-0.4, -0.2) is 29.1 Å². The number of ether oxygens (including phenoxy) is 1. The summed E-state index contributed by atoms with van der Waals surface area (Å²) in [5, 5.41) is -0.243. The number of carbonyl (C=O) groups excluding carboxylic acids is 3. The lowest BCUT2D eigenvalue weighted by molar-refractivity contribution is -0.123. The summed E-state index contributed by atoms with van der Waals surface area (Å²) in [4.78, 5) is 38.0. The predicted octanol–water partition coefficient (Wildman–Crippen LogP) is 5.76. The third kappa shape index (κ3) is 4.32. The molecule has 0 unspecified atom stereocenters. The number of hydrogen-bond acceptors (Lipinski definition) is 6. The van der Waals surface area contributed by atoms with E-state index in [0.29, 0.717) is 17.1 Å². The largest absolute Gasteiger partial charge is 0.465 e. The van der Waals surface area contributed by atoms with Crippen LogP contribution in [0.1, 0.15) is 21.7 Å². The molecule has 32 heavy (non-hydrogen) atoms. The first kappa shape index (κ1) is 21.9. The highest BCUT2D eigenvalue weighted by molar-refractivity contribution is 8.18. The Hall–Kier alpha value is -3.36. The molecule has 1 fully saturated rings. The Morgan fingerprint density at radius 1 is 1.19 bits per heavy atom. The van der Waals surface area contributed by atoms with Crippen LogP contribution in [0.5, 0.6) is 0 Å². The fraction of sp³-hybridized carbons (Fsp3) is 0.0870. The molecule has 1 aromatic heterocycles. The van der Waals surface area contributed by atoms with E-state index in [4.69, 9.17) is 20.8 Å². The molecule has 0 spiro atoms. The summed E-state index contributed by atoms with van der Waals surface area (Å²) in [6, 6.07) is 14.0. The summed E-state index contributed by atoms with van der Waals surface area (Å²) in [5.41, 5.74) is 1.03. The van der Waals surface area contributed by atoms with Gasteiger partial charge in [-0.2, -0.15) is 0 Å². The van der Waals surface area contributed by atoms with E-state index in [1.165, 1.54) is 31.4 Å². The second-order valence-corrected chi connectivity index (χ2v) is 8.15. The summed E-state index contributed by atoms with van der Waals surface area (Å²) in [7, 11) is 1.26. The summed E-state index contributed by atoms with van der Waals surface area (Å²) < 4.78 is 24.4. The monoisotopic (exact) mass is 471 g/mol. The first-order chi connectivity index (χ1) is 15.4. The molecule has 2 aromatic carbocycles. The molecule has 0 aliphatic carbocycles. The van der Waals surface area contributed by atoms with Crippen LogP contribution in [0.4, 0.5) is 9.18 Å². The first-order valence-corrected chi connectivity index (χ1v) is 10.5. The molecule has 0 radical (unpaired) electrons. The van der Waals surface area contributed by atoms with Crippen molar-refractivity contribution in [3.05, 3.63) is 87.2 Å². The van der Waals surface area contributed by atoms with E-state index in [1.807, 2.05) is 0 Å². The highest BCUT2D eigenvalue weighted by Crippen LogP contribution is 2.35.